The second-order valence-corrected chi connectivity index (χ2v) is 9.81. The summed E-state index contributed by atoms with van der Waals surface area (Å²) in [5, 5.41) is 2.70. The van der Waals surface area contributed by atoms with Crippen molar-refractivity contribution in [3.05, 3.63) is 59.4 Å². The first kappa shape index (κ1) is 21.5. The maximum atomic E-state index is 14.4. The number of nitrogens with zero attached hydrogens (tertiary/aromatic N) is 1. The van der Waals surface area contributed by atoms with Crippen LogP contribution in [0, 0.1) is 17.7 Å². The van der Waals surface area contributed by atoms with Gasteiger partial charge in [-0.05, 0) is 54.5 Å². The highest BCUT2D eigenvalue weighted by atomic mass is 32.2. The second-order valence-electron chi connectivity index (χ2n) is 7.87. The Balaban J connectivity index is 1.90. The van der Waals surface area contributed by atoms with Crippen LogP contribution >= 0.6 is 0 Å². The zero-order valence-corrected chi connectivity index (χ0v) is 17.8. The number of anilines is 1. The number of aryl methyl sites for hydroxylation is 1. The summed E-state index contributed by atoms with van der Waals surface area (Å²) < 4.78 is 42.0. The van der Waals surface area contributed by atoms with E-state index in [0.717, 1.165) is 24.1 Å². The van der Waals surface area contributed by atoms with E-state index in [9.17, 15) is 17.6 Å². The van der Waals surface area contributed by atoms with E-state index in [-0.39, 0.29) is 22.3 Å². The van der Waals surface area contributed by atoms with Crippen molar-refractivity contribution in [2.75, 3.05) is 18.4 Å². The third-order valence-electron chi connectivity index (χ3n) is 5.30. The molecule has 1 amide bonds. The van der Waals surface area contributed by atoms with Gasteiger partial charge in [0.15, 0.2) is 0 Å². The van der Waals surface area contributed by atoms with E-state index in [1.54, 1.807) is 12.1 Å². The minimum Gasteiger partial charge on any atom is -0.322 e. The molecule has 5 nitrogen and oxygen atoms in total. The quantitative estimate of drug-likeness (QED) is 0.787. The van der Waals surface area contributed by atoms with Crippen molar-refractivity contribution >= 4 is 21.6 Å². The fourth-order valence-corrected chi connectivity index (χ4v) is 5.64. The Labute approximate surface area is 172 Å². The second kappa shape index (κ2) is 8.63. The van der Waals surface area contributed by atoms with E-state index in [1.807, 2.05) is 32.9 Å². The van der Waals surface area contributed by atoms with Crippen LogP contribution in [0.5, 0.6) is 0 Å². The molecule has 0 spiro atoms. The summed E-state index contributed by atoms with van der Waals surface area (Å²) in [7, 11) is -3.80. The van der Waals surface area contributed by atoms with Gasteiger partial charge in [0.2, 0.25) is 10.0 Å². The number of nitrogens with one attached hydrogen (secondary N) is 1. The van der Waals surface area contributed by atoms with E-state index >= 15 is 0 Å². The van der Waals surface area contributed by atoms with E-state index in [4.69, 9.17) is 0 Å². The van der Waals surface area contributed by atoms with Gasteiger partial charge >= 0.3 is 0 Å². The lowest BCUT2D eigenvalue weighted by Crippen LogP contribution is -2.42. The Morgan fingerprint density at radius 1 is 1.14 bits per heavy atom. The van der Waals surface area contributed by atoms with Crippen molar-refractivity contribution in [1.82, 2.24) is 4.31 Å². The number of para-hydroxylation sites is 1. The van der Waals surface area contributed by atoms with E-state index in [1.165, 1.54) is 10.4 Å². The maximum absolute atomic E-state index is 14.4. The fraction of sp³-hybridized carbons (Fsp3) is 0.409. The summed E-state index contributed by atoms with van der Waals surface area (Å²) in [6, 6.07) is 10.7. The largest absolute Gasteiger partial charge is 0.322 e. The minimum absolute atomic E-state index is 0.0610. The highest BCUT2D eigenvalue weighted by molar-refractivity contribution is 7.89. The summed E-state index contributed by atoms with van der Waals surface area (Å²) >= 11 is 0. The van der Waals surface area contributed by atoms with Crippen LogP contribution in [0.1, 0.15) is 43.1 Å². The lowest BCUT2D eigenvalue weighted by molar-refractivity contribution is 0.102. The molecule has 1 fully saturated rings. The average Bonchev–Trinajstić information content (AvgIpc) is 2.67. The fourth-order valence-electron chi connectivity index (χ4n) is 3.93. The molecular formula is C22H27FN2O3S. The van der Waals surface area contributed by atoms with Crippen molar-refractivity contribution in [2.45, 2.75) is 38.5 Å². The van der Waals surface area contributed by atoms with Crippen molar-refractivity contribution in [3.63, 3.8) is 0 Å². The summed E-state index contributed by atoms with van der Waals surface area (Å²) in [5.74, 6) is -0.916. The number of carbonyl (C=O) groups is 1. The standard InChI is InChI=1S/C22H27FN2O3S/c1-4-17-7-5-6-8-21(17)24-22(26)19-12-18(9-10-20(19)23)29(27,28)25-13-15(2)11-16(3)14-25/h5-10,12,15-16H,4,11,13-14H2,1-3H3,(H,24,26)/t15-,16+. The number of benzene rings is 2. The van der Waals surface area contributed by atoms with Crippen LogP contribution < -0.4 is 5.32 Å². The molecule has 0 saturated carbocycles. The molecule has 1 N–H and O–H groups in total. The molecule has 7 heteroatoms. The molecule has 29 heavy (non-hydrogen) atoms. The molecule has 2 aromatic rings. The smallest absolute Gasteiger partial charge is 0.258 e. The molecule has 0 radical (unpaired) electrons. The summed E-state index contributed by atoms with van der Waals surface area (Å²) in [6.07, 6.45) is 1.68. The van der Waals surface area contributed by atoms with Crippen molar-refractivity contribution in [2.24, 2.45) is 11.8 Å². The van der Waals surface area contributed by atoms with Gasteiger partial charge in [-0.3, -0.25) is 4.79 Å². The predicted molar refractivity (Wildman–Crippen MR) is 112 cm³/mol. The van der Waals surface area contributed by atoms with Gasteiger partial charge in [-0.25, -0.2) is 12.8 Å². The number of rotatable bonds is 5. The number of hydrogen-bond donors (Lipinski definition) is 1. The number of amides is 1. The Morgan fingerprint density at radius 2 is 1.79 bits per heavy atom. The third-order valence-corrected chi connectivity index (χ3v) is 7.13. The molecule has 156 valence electrons. The molecule has 0 unspecified atom stereocenters. The van der Waals surface area contributed by atoms with E-state index in [0.29, 0.717) is 25.2 Å². The Hall–Kier alpha value is -2.25. The SMILES string of the molecule is CCc1ccccc1NC(=O)c1cc(S(=O)(=O)N2C[C@H](C)C[C@H](C)C2)ccc1F. The van der Waals surface area contributed by atoms with Gasteiger partial charge in [0.1, 0.15) is 5.82 Å². The molecule has 1 aliphatic heterocycles. The first-order valence-electron chi connectivity index (χ1n) is 9.91. The number of hydrogen-bond acceptors (Lipinski definition) is 3. The van der Waals surface area contributed by atoms with Crippen LogP contribution in [0.3, 0.4) is 0 Å². The minimum atomic E-state index is -3.80. The van der Waals surface area contributed by atoms with Crippen LogP contribution in [0.2, 0.25) is 0 Å². The Bertz CT molecular complexity index is 997. The van der Waals surface area contributed by atoms with Crippen molar-refractivity contribution < 1.29 is 17.6 Å². The summed E-state index contributed by atoms with van der Waals surface area (Å²) in [4.78, 5) is 12.6. The Morgan fingerprint density at radius 3 is 2.45 bits per heavy atom. The van der Waals surface area contributed by atoms with Crippen molar-refractivity contribution in [1.29, 1.82) is 0 Å². The monoisotopic (exact) mass is 418 g/mol. The van der Waals surface area contributed by atoms with E-state index in [2.05, 4.69) is 5.32 Å². The highest BCUT2D eigenvalue weighted by Gasteiger charge is 2.32. The topological polar surface area (TPSA) is 66.5 Å². The summed E-state index contributed by atoms with van der Waals surface area (Å²) in [6.45, 7) is 6.85. The van der Waals surface area contributed by atoms with Crippen LogP contribution in [0.25, 0.3) is 0 Å². The zero-order valence-electron chi connectivity index (χ0n) is 17.0. The predicted octanol–water partition coefficient (Wildman–Crippen LogP) is 4.31. The molecule has 1 aliphatic rings. The van der Waals surface area contributed by atoms with E-state index < -0.39 is 21.7 Å². The Kier molecular flexibility index (Phi) is 6.39. The van der Waals surface area contributed by atoms with Crippen LogP contribution in [-0.2, 0) is 16.4 Å². The third kappa shape index (κ3) is 4.67. The first-order valence-corrected chi connectivity index (χ1v) is 11.3. The molecule has 0 aromatic heterocycles. The van der Waals surface area contributed by atoms with Gasteiger partial charge in [0.05, 0.1) is 10.5 Å². The number of carbonyl (C=O) groups excluding carboxylic acids is 1. The normalized spacial score (nSPS) is 20.4. The van der Waals surface area contributed by atoms with Gasteiger partial charge in [0.25, 0.3) is 5.91 Å². The van der Waals surface area contributed by atoms with Gasteiger partial charge in [-0.2, -0.15) is 4.31 Å². The molecule has 2 aromatic carbocycles. The summed E-state index contributed by atoms with van der Waals surface area (Å²) in [5.41, 5.74) is 1.22. The molecule has 0 bridgehead atoms. The molecule has 2 atom stereocenters. The van der Waals surface area contributed by atoms with Gasteiger partial charge in [0, 0.05) is 18.8 Å². The van der Waals surface area contributed by atoms with Crippen LogP contribution in [0.15, 0.2) is 47.4 Å². The van der Waals surface area contributed by atoms with Crippen LogP contribution in [-0.4, -0.2) is 31.7 Å². The zero-order chi connectivity index (χ0) is 21.2. The number of piperidine rings is 1. The molecular weight excluding hydrogens is 391 g/mol. The maximum Gasteiger partial charge on any atom is 0.258 e. The van der Waals surface area contributed by atoms with Crippen molar-refractivity contribution in [3.8, 4) is 0 Å². The molecule has 3 rings (SSSR count). The van der Waals surface area contributed by atoms with Crippen LogP contribution in [0.4, 0.5) is 10.1 Å². The first-order chi connectivity index (χ1) is 13.7. The lowest BCUT2D eigenvalue weighted by Gasteiger charge is -2.34. The number of sulfonamides is 1. The molecule has 1 heterocycles. The number of halogens is 1. The molecule has 1 saturated heterocycles. The average molecular weight is 419 g/mol. The molecule has 0 aliphatic carbocycles. The van der Waals surface area contributed by atoms with Gasteiger partial charge < -0.3 is 5.32 Å². The highest BCUT2D eigenvalue weighted by Crippen LogP contribution is 2.28. The van der Waals surface area contributed by atoms with Gasteiger partial charge in [-0.1, -0.05) is 39.0 Å². The van der Waals surface area contributed by atoms with Gasteiger partial charge in [-0.15, -0.1) is 0 Å². The lowest BCUT2D eigenvalue weighted by atomic mass is 9.94.